The van der Waals surface area contributed by atoms with Gasteiger partial charge in [-0.05, 0) is 49.2 Å². The van der Waals surface area contributed by atoms with Crippen LogP contribution in [0.5, 0.6) is 0 Å². The molecule has 1 saturated heterocycles. The van der Waals surface area contributed by atoms with Crippen LogP contribution in [0.2, 0.25) is 0 Å². The van der Waals surface area contributed by atoms with Crippen LogP contribution in [-0.4, -0.2) is 37.1 Å². The molecule has 0 radical (unpaired) electrons. The van der Waals surface area contributed by atoms with E-state index in [2.05, 4.69) is 45.2 Å². The molecule has 0 unspecified atom stereocenters. The molecule has 2 heterocycles. The van der Waals surface area contributed by atoms with Gasteiger partial charge in [0.05, 0.1) is 0 Å². The number of nitrogens with zero attached hydrogens (tertiary/aromatic N) is 3. The molecule has 3 aromatic rings. The number of pyridine rings is 1. The molecule has 1 aromatic heterocycles. The van der Waals surface area contributed by atoms with Gasteiger partial charge in [-0.2, -0.15) is 0 Å². The highest BCUT2D eigenvalue weighted by atomic mass is 19.1. The van der Waals surface area contributed by atoms with Gasteiger partial charge in [-0.15, -0.1) is 0 Å². The molecular formula is C27H31FN4O. The van der Waals surface area contributed by atoms with Crippen LogP contribution in [0.15, 0.2) is 60.9 Å². The van der Waals surface area contributed by atoms with Gasteiger partial charge in [-0.3, -0.25) is 9.78 Å². The zero-order chi connectivity index (χ0) is 23.2. The van der Waals surface area contributed by atoms with Crippen LogP contribution in [0.3, 0.4) is 0 Å². The summed E-state index contributed by atoms with van der Waals surface area (Å²) in [5, 5.41) is 3.05. The molecule has 0 saturated carbocycles. The summed E-state index contributed by atoms with van der Waals surface area (Å²) in [4.78, 5) is 21.2. The van der Waals surface area contributed by atoms with Crippen molar-refractivity contribution in [2.24, 2.45) is 0 Å². The molecule has 4 rings (SSSR count). The number of aryl methyl sites for hydroxylation is 1. The standard InChI is InChI=1S/C27H31FN4O/c1-3-4-7-27(33)30-23-10-11-24(21-6-5-12-29-19-21)26(18-23)32-15-13-31(14-16-32)25-17-22(28)9-8-20(25)2/h5-6,8-12,17-19H,3-4,7,13-16H2,1-2H3,(H,30,33). The third kappa shape index (κ3) is 5.51. The topological polar surface area (TPSA) is 48.5 Å². The van der Waals surface area contributed by atoms with E-state index in [0.717, 1.165) is 72.8 Å². The third-order valence-corrected chi connectivity index (χ3v) is 6.14. The number of rotatable bonds is 7. The fourth-order valence-electron chi connectivity index (χ4n) is 4.31. The van der Waals surface area contributed by atoms with Crippen molar-refractivity contribution >= 4 is 23.0 Å². The summed E-state index contributed by atoms with van der Waals surface area (Å²) in [6.45, 7) is 7.30. The highest BCUT2D eigenvalue weighted by molar-refractivity contribution is 5.92. The Hall–Kier alpha value is -3.41. The lowest BCUT2D eigenvalue weighted by Gasteiger charge is -2.39. The highest BCUT2D eigenvalue weighted by Gasteiger charge is 2.22. The van der Waals surface area contributed by atoms with Gasteiger partial charge in [0.1, 0.15) is 5.82 Å². The van der Waals surface area contributed by atoms with Crippen LogP contribution in [0.1, 0.15) is 31.7 Å². The summed E-state index contributed by atoms with van der Waals surface area (Å²) in [5.74, 6) is -0.160. The number of aromatic nitrogens is 1. The molecule has 1 N–H and O–H groups in total. The Balaban J connectivity index is 1.57. The molecule has 0 aliphatic carbocycles. The summed E-state index contributed by atoms with van der Waals surface area (Å²) in [5.41, 5.74) is 6.05. The smallest absolute Gasteiger partial charge is 0.224 e. The van der Waals surface area contributed by atoms with Crippen molar-refractivity contribution in [2.45, 2.75) is 33.1 Å². The Bertz CT molecular complexity index is 1090. The van der Waals surface area contributed by atoms with Crippen LogP contribution in [0.4, 0.5) is 21.5 Å². The van der Waals surface area contributed by atoms with E-state index in [1.54, 1.807) is 12.3 Å². The maximum atomic E-state index is 13.8. The van der Waals surface area contributed by atoms with Crippen LogP contribution < -0.4 is 15.1 Å². The summed E-state index contributed by atoms with van der Waals surface area (Å²) in [6.07, 6.45) is 6.04. The Kier molecular flexibility index (Phi) is 7.23. The average Bonchev–Trinajstić information content (AvgIpc) is 2.85. The van der Waals surface area contributed by atoms with E-state index in [0.29, 0.717) is 6.42 Å². The molecule has 0 spiro atoms. The Morgan fingerprint density at radius 1 is 1.03 bits per heavy atom. The first-order chi connectivity index (χ1) is 16.0. The quantitative estimate of drug-likeness (QED) is 0.509. The molecule has 2 aromatic carbocycles. The van der Waals surface area contributed by atoms with Gasteiger partial charge in [0.15, 0.2) is 0 Å². The van der Waals surface area contributed by atoms with Gasteiger partial charge in [0, 0.05) is 73.2 Å². The van der Waals surface area contributed by atoms with E-state index >= 15 is 0 Å². The predicted octanol–water partition coefficient (Wildman–Crippen LogP) is 5.65. The SMILES string of the molecule is CCCCC(=O)Nc1ccc(-c2cccnc2)c(N2CCN(c3cc(F)ccc3C)CC2)c1. The monoisotopic (exact) mass is 446 g/mol. The van der Waals surface area contributed by atoms with Crippen molar-refractivity contribution in [2.75, 3.05) is 41.3 Å². The second-order valence-electron chi connectivity index (χ2n) is 8.53. The van der Waals surface area contributed by atoms with Gasteiger partial charge in [0.25, 0.3) is 0 Å². The number of amides is 1. The number of hydrogen-bond donors (Lipinski definition) is 1. The number of unbranched alkanes of at least 4 members (excludes halogenated alkanes) is 1. The predicted molar refractivity (Wildman–Crippen MR) is 133 cm³/mol. The number of piperazine rings is 1. The number of carbonyl (C=O) groups is 1. The fraction of sp³-hybridized carbons (Fsp3) is 0.333. The average molecular weight is 447 g/mol. The number of nitrogens with one attached hydrogen (secondary N) is 1. The van der Waals surface area contributed by atoms with Gasteiger partial charge in [0.2, 0.25) is 5.91 Å². The third-order valence-electron chi connectivity index (χ3n) is 6.14. The molecule has 1 aliphatic rings. The molecule has 0 bridgehead atoms. The van der Waals surface area contributed by atoms with E-state index < -0.39 is 0 Å². The summed E-state index contributed by atoms with van der Waals surface area (Å²) < 4.78 is 13.8. The van der Waals surface area contributed by atoms with Gasteiger partial charge in [-0.25, -0.2) is 4.39 Å². The lowest BCUT2D eigenvalue weighted by molar-refractivity contribution is -0.116. The fourth-order valence-corrected chi connectivity index (χ4v) is 4.31. The van der Waals surface area contributed by atoms with Crippen LogP contribution >= 0.6 is 0 Å². The van der Waals surface area contributed by atoms with Crippen molar-refractivity contribution in [1.29, 1.82) is 0 Å². The van der Waals surface area contributed by atoms with Gasteiger partial charge >= 0.3 is 0 Å². The van der Waals surface area contributed by atoms with Crippen molar-refractivity contribution in [3.63, 3.8) is 0 Å². The van der Waals surface area contributed by atoms with Crippen molar-refractivity contribution < 1.29 is 9.18 Å². The Morgan fingerprint density at radius 2 is 1.79 bits per heavy atom. The molecule has 1 fully saturated rings. The summed E-state index contributed by atoms with van der Waals surface area (Å²) >= 11 is 0. The van der Waals surface area contributed by atoms with E-state index in [1.807, 2.05) is 31.3 Å². The number of benzene rings is 2. The summed E-state index contributed by atoms with van der Waals surface area (Å²) in [6, 6.07) is 15.0. The largest absolute Gasteiger partial charge is 0.368 e. The summed E-state index contributed by atoms with van der Waals surface area (Å²) in [7, 11) is 0. The molecule has 1 aliphatic heterocycles. The van der Waals surface area contributed by atoms with E-state index in [4.69, 9.17) is 0 Å². The first kappa shape index (κ1) is 22.8. The number of halogens is 1. The molecule has 0 atom stereocenters. The number of anilines is 3. The van der Waals surface area contributed by atoms with Crippen molar-refractivity contribution in [3.05, 3.63) is 72.3 Å². The Morgan fingerprint density at radius 3 is 2.48 bits per heavy atom. The number of carbonyl (C=O) groups excluding carboxylic acids is 1. The second kappa shape index (κ2) is 10.5. The lowest BCUT2D eigenvalue weighted by Crippen LogP contribution is -2.47. The zero-order valence-electron chi connectivity index (χ0n) is 19.4. The first-order valence-electron chi connectivity index (χ1n) is 11.7. The maximum absolute atomic E-state index is 13.8. The minimum atomic E-state index is -0.205. The van der Waals surface area contributed by atoms with Gasteiger partial charge in [-0.1, -0.05) is 31.5 Å². The maximum Gasteiger partial charge on any atom is 0.224 e. The van der Waals surface area contributed by atoms with E-state index in [-0.39, 0.29) is 11.7 Å². The molecule has 5 nitrogen and oxygen atoms in total. The Labute approximate surface area is 195 Å². The van der Waals surface area contributed by atoms with Gasteiger partial charge < -0.3 is 15.1 Å². The van der Waals surface area contributed by atoms with Crippen molar-refractivity contribution in [3.8, 4) is 11.1 Å². The molecule has 1 amide bonds. The first-order valence-corrected chi connectivity index (χ1v) is 11.7. The highest BCUT2D eigenvalue weighted by Crippen LogP contribution is 2.34. The van der Waals surface area contributed by atoms with Crippen molar-refractivity contribution in [1.82, 2.24) is 4.98 Å². The molecule has 172 valence electrons. The molecular weight excluding hydrogens is 415 g/mol. The van der Waals surface area contributed by atoms with E-state index in [9.17, 15) is 9.18 Å². The molecule has 6 heteroatoms. The normalized spacial score (nSPS) is 13.8. The van der Waals surface area contributed by atoms with Crippen LogP contribution in [-0.2, 0) is 4.79 Å². The van der Waals surface area contributed by atoms with Crippen LogP contribution in [0, 0.1) is 12.7 Å². The van der Waals surface area contributed by atoms with Crippen LogP contribution in [0.25, 0.3) is 11.1 Å². The molecule has 33 heavy (non-hydrogen) atoms. The zero-order valence-corrected chi connectivity index (χ0v) is 19.4. The second-order valence-corrected chi connectivity index (χ2v) is 8.53. The minimum Gasteiger partial charge on any atom is -0.368 e. The van der Waals surface area contributed by atoms with E-state index in [1.165, 1.54) is 6.07 Å². The minimum absolute atomic E-state index is 0.0447. The number of hydrogen-bond acceptors (Lipinski definition) is 4. The lowest BCUT2D eigenvalue weighted by atomic mass is 10.0.